The average molecular weight is 257 g/mol. The lowest BCUT2D eigenvalue weighted by atomic mass is 10.1. The zero-order valence-corrected chi connectivity index (χ0v) is 11.0. The molecule has 0 bridgehead atoms. The van der Waals surface area contributed by atoms with E-state index in [9.17, 15) is 5.11 Å². The van der Waals surface area contributed by atoms with Crippen LogP contribution >= 0.6 is 0 Å². The highest BCUT2D eigenvalue weighted by Crippen LogP contribution is 2.18. The van der Waals surface area contributed by atoms with Crippen LogP contribution in [-0.2, 0) is 6.61 Å². The first kappa shape index (κ1) is 13.6. The number of hydrogen-bond acceptors (Lipinski definition) is 3. The number of aliphatic hydroxyl groups is 1. The Morgan fingerprint density at radius 2 is 1.89 bits per heavy atom. The maximum absolute atomic E-state index is 9.59. The average Bonchev–Trinajstić information content (AvgIpc) is 2.45. The topological polar surface area (TPSA) is 55.5 Å². The molecular weight excluding hydrogens is 238 g/mol. The number of benzene rings is 2. The van der Waals surface area contributed by atoms with E-state index in [0.717, 1.165) is 16.9 Å². The van der Waals surface area contributed by atoms with Crippen LogP contribution in [0.25, 0.3) is 0 Å². The van der Waals surface area contributed by atoms with E-state index in [4.69, 9.17) is 10.5 Å². The molecule has 2 rings (SSSR count). The van der Waals surface area contributed by atoms with E-state index in [1.54, 1.807) is 0 Å². The molecule has 0 aliphatic heterocycles. The van der Waals surface area contributed by atoms with Gasteiger partial charge in [-0.05, 0) is 30.2 Å². The van der Waals surface area contributed by atoms with Gasteiger partial charge in [-0.15, -0.1) is 0 Å². The van der Waals surface area contributed by atoms with Crippen LogP contribution in [0.1, 0.15) is 22.8 Å². The normalized spacial score (nSPS) is 12.2. The lowest BCUT2D eigenvalue weighted by molar-refractivity contribution is 0.186. The minimum atomic E-state index is -0.606. The van der Waals surface area contributed by atoms with Crippen LogP contribution in [0.15, 0.2) is 48.5 Å². The summed E-state index contributed by atoms with van der Waals surface area (Å²) in [6.45, 7) is 2.83. The molecular formula is C16H19NO2. The van der Waals surface area contributed by atoms with Gasteiger partial charge in [0, 0.05) is 6.54 Å². The molecule has 0 heterocycles. The summed E-state index contributed by atoms with van der Waals surface area (Å²) in [4.78, 5) is 0. The number of aryl methyl sites for hydroxylation is 1. The molecule has 1 atom stereocenters. The second-order valence-corrected chi connectivity index (χ2v) is 4.60. The summed E-state index contributed by atoms with van der Waals surface area (Å²) in [5.41, 5.74) is 8.59. The zero-order chi connectivity index (χ0) is 13.7. The first-order chi connectivity index (χ1) is 9.19. The lowest BCUT2D eigenvalue weighted by Gasteiger charge is -2.10. The van der Waals surface area contributed by atoms with Gasteiger partial charge in [-0.3, -0.25) is 0 Å². The van der Waals surface area contributed by atoms with Crippen LogP contribution in [0.3, 0.4) is 0 Å². The van der Waals surface area contributed by atoms with Crippen molar-refractivity contribution in [1.82, 2.24) is 0 Å². The molecule has 3 nitrogen and oxygen atoms in total. The highest BCUT2D eigenvalue weighted by atomic mass is 16.5. The second-order valence-electron chi connectivity index (χ2n) is 4.60. The Bertz CT molecular complexity index is 523. The molecule has 0 aliphatic rings. The number of rotatable bonds is 5. The Balaban J connectivity index is 1.96. The van der Waals surface area contributed by atoms with E-state index in [1.165, 1.54) is 5.56 Å². The molecule has 3 heteroatoms. The van der Waals surface area contributed by atoms with Gasteiger partial charge >= 0.3 is 0 Å². The molecule has 2 aromatic carbocycles. The van der Waals surface area contributed by atoms with Crippen molar-refractivity contribution in [3.05, 3.63) is 65.2 Å². The number of ether oxygens (including phenoxy) is 1. The summed E-state index contributed by atoms with van der Waals surface area (Å²) in [5.74, 6) is 0.787. The minimum Gasteiger partial charge on any atom is -0.489 e. The smallest absolute Gasteiger partial charge is 0.119 e. The largest absolute Gasteiger partial charge is 0.489 e. The molecule has 0 fully saturated rings. The Labute approximate surface area is 113 Å². The fourth-order valence-electron chi connectivity index (χ4n) is 1.89. The standard InChI is InChI=1S/C16H19NO2/c1-12-3-2-4-13(9-12)11-19-15-7-5-14(6-8-15)16(18)10-17/h2-9,16,18H,10-11,17H2,1H3. The quantitative estimate of drug-likeness (QED) is 0.865. The highest BCUT2D eigenvalue weighted by molar-refractivity contribution is 5.29. The third-order valence-corrected chi connectivity index (χ3v) is 2.98. The van der Waals surface area contributed by atoms with Crippen LogP contribution in [0.5, 0.6) is 5.75 Å². The molecule has 0 aromatic heterocycles. The maximum Gasteiger partial charge on any atom is 0.119 e. The maximum atomic E-state index is 9.59. The fourth-order valence-corrected chi connectivity index (χ4v) is 1.89. The number of aliphatic hydroxyl groups excluding tert-OH is 1. The fraction of sp³-hybridized carbons (Fsp3) is 0.250. The van der Waals surface area contributed by atoms with Gasteiger partial charge in [-0.2, -0.15) is 0 Å². The van der Waals surface area contributed by atoms with E-state index >= 15 is 0 Å². The predicted molar refractivity (Wildman–Crippen MR) is 76.0 cm³/mol. The van der Waals surface area contributed by atoms with Crippen molar-refractivity contribution in [2.24, 2.45) is 5.73 Å². The molecule has 1 unspecified atom stereocenters. The van der Waals surface area contributed by atoms with E-state index in [1.807, 2.05) is 36.4 Å². The SMILES string of the molecule is Cc1cccc(COc2ccc(C(O)CN)cc2)c1. The minimum absolute atomic E-state index is 0.226. The summed E-state index contributed by atoms with van der Waals surface area (Å²) < 4.78 is 5.70. The second kappa shape index (κ2) is 6.36. The summed E-state index contributed by atoms with van der Waals surface area (Å²) in [7, 11) is 0. The Hall–Kier alpha value is -1.84. The van der Waals surface area contributed by atoms with Crippen LogP contribution in [0.4, 0.5) is 0 Å². The molecule has 0 spiro atoms. The van der Waals surface area contributed by atoms with E-state index in [-0.39, 0.29) is 6.54 Å². The molecule has 19 heavy (non-hydrogen) atoms. The monoisotopic (exact) mass is 257 g/mol. The van der Waals surface area contributed by atoms with Crippen molar-refractivity contribution in [2.45, 2.75) is 19.6 Å². The highest BCUT2D eigenvalue weighted by Gasteiger charge is 2.04. The van der Waals surface area contributed by atoms with Crippen molar-refractivity contribution in [1.29, 1.82) is 0 Å². The van der Waals surface area contributed by atoms with Crippen molar-refractivity contribution >= 4 is 0 Å². The molecule has 100 valence electrons. The summed E-state index contributed by atoms with van der Waals surface area (Å²) in [6.07, 6.45) is -0.606. The van der Waals surface area contributed by atoms with Gasteiger partial charge in [0.05, 0.1) is 6.10 Å². The summed E-state index contributed by atoms with van der Waals surface area (Å²) in [5, 5.41) is 9.59. The van der Waals surface area contributed by atoms with Gasteiger partial charge in [0.25, 0.3) is 0 Å². The summed E-state index contributed by atoms with van der Waals surface area (Å²) >= 11 is 0. The van der Waals surface area contributed by atoms with E-state index < -0.39 is 6.10 Å². The number of hydrogen-bond donors (Lipinski definition) is 2. The van der Waals surface area contributed by atoms with Crippen molar-refractivity contribution < 1.29 is 9.84 Å². The molecule has 0 radical (unpaired) electrons. The molecule has 0 saturated carbocycles. The van der Waals surface area contributed by atoms with Crippen LogP contribution in [0.2, 0.25) is 0 Å². The van der Waals surface area contributed by atoms with Crippen molar-refractivity contribution in [2.75, 3.05) is 6.54 Å². The van der Waals surface area contributed by atoms with Gasteiger partial charge < -0.3 is 15.6 Å². The Kier molecular flexibility index (Phi) is 4.55. The summed E-state index contributed by atoms with van der Waals surface area (Å²) in [6, 6.07) is 15.6. The Morgan fingerprint density at radius 1 is 1.16 bits per heavy atom. The molecule has 0 aliphatic carbocycles. The first-order valence-corrected chi connectivity index (χ1v) is 6.35. The molecule has 0 amide bonds. The van der Waals surface area contributed by atoms with Gasteiger partial charge in [0.15, 0.2) is 0 Å². The van der Waals surface area contributed by atoms with Crippen LogP contribution < -0.4 is 10.5 Å². The van der Waals surface area contributed by atoms with E-state index in [0.29, 0.717) is 6.61 Å². The van der Waals surface area contributed by atoms with Gasteiger partial charge in [-0.1, -0.05) is 42.0 Å². The van der Waals surface area contributed by atoms with E-state index in [2.05, 4.69) is 19.1 Å². The van der Waals surface area contributed by atoms with Crippen molar-refractivity contribution in [3.8, 4) is 5.75 Å². The van der Waals surface area contributed by atoms with Gasteiger partial charge in [0.2, 0.25) is 0 Å². The lowest BCUT2D eigenvalue weighted by Crippen LogP contribution is -2.11. The first-order valence-electron chi connectivity index (χ1n) is 6.35. The Morgan fingerprint density at radius 3 is 2.53 bits per heavy atom. The number of nitrogens with two attached hydrogens (primary N) is 1. The molecule has 2 aromatic rings. The third kappa shape index (κ3) is 3.81. The molecule has 0 saturated heterocycles. The van der Waals surface area contributed by atoms with Crippen molar-refractivity contribution in [3.63, 3.8) is 0 Å². The third-order valence-electron chi connectivity index (χ3n) is 2.98. The van der Waals surface area contributed by atoms with Crippen LogP contribution in [-0.4, -0.2) is 11.7 Å². The zero-order valence-electron chi connectivity index (χ0n) is 11.0. The van der Waals surface area contributed by atoms with Crippen LogP contribution in [0, 0.1) is 6.92 Å². The molecule has 3 N–H and O–H groups in total. The van der Waals surface area contributed by atoms with Gasteiger partial charge in [-0.25, -0.2) is 0 Å². The van der Waals surface area contributed by atoms with Gasteiger partial charge in [0.1, 0.15) is 12.4 Å². The predicted octanol–water partition coefficient (Wildman–Crippen LogP) is 2.57.